The standard InChI is InChI=1S/C18H29N3O4/c1-23-18(8-11-24-13-18)16-20-19-15(25-16)12-21-9-6-17(7-10-21)4-2-14(22)3-5-17/h14,22H,2-13H2,1H3. The van der Waals surface area contributed by atoms with E-state index in [4.69, 9.17) is 13.9 Å². The molecule has 25 heavy (non-hydrogen) atoms. The fourth-order valence-corrected chi connectivity index (χ4v) is 4.56. The number of hydrogen-bond donors (Lipinski definition) is 1. The number of nitrogens with zero attached hydrogens (tertiary/aromatic N) is 3. The maximum Gasteiger partial charge on any atom is 0.250 e. The van der Waals surface area contributed by atoms with Crippen LogP contribution in [-0.2, 0) is 21.6 Å². The molecule has 7 nitrogen and oxygen atoms in total. The van der Waals surface area contributed by atoms with Gasteiger partial charge in [0.2, 0.25) is 5.89 Å². The molecule has 1 spiro atoms. The van der Waals surface area contributed by atoms with E-state index in [0.717, 1.165) is 32.4 Å². The second kappa shape index (κ2) is 6.95. The molecule has 2 aliphatic heterocycles. The van der Waals surface area contributed by atoms with Gasteiger partial charge < -0.3 is 19.0 Å². The van der Waals surface area contributed by atoms with Crippen LogP contribution in [0, 0.1) is 5.41 Å². The van der Waals surface area contributed by atoms with Crippen molar-refractivity contribution in [1.82, 2.24) is 15.1 Å². The zero-order chi connectivity index (χ0) is 17.3. The molecule has 0 radical (unpaired) electrons. The van der Waals surface area contributed by atoms with Crippen LogP contribution in [0.25, 0.3) is 0 Å². The van der Waals surface area contributed by atoms with E-state index in [2.05, 4.69) is 15.1 Å². The molecular weight excluding hydrogens is 322 g/mol. The Kier molecular flexibility index (Phi) is 4.83. The maximum atomic E-state index is 9.75. The number of ether oxygens (including phenoxy) is 2. The van der Waals surface area contributed by atoms with Gasteiger partial charge in [0, 0.05) is 13.5 Å². The highest BCUT2D eigenvalue weighted by Gasteiger charge is 2.42. The predicted octanol–water partition coefficient (Wildman–Crippen LogP) is 1.85. The van der Waals surface area contributed by atoms with Gasteiger partial charge in [-0.1, -0.05) is 0 Å². The van der Waals surface area contributed by atoms with Gasteiger partial charge in [-0.25, -0.2) is 0 Å². The zero-order valence-electron chi connectivity index (χ0n) is 15.1. The average Bonchev–Trinajstić information content (AvgIpc) is 3.30. The van der Waals surface area contributed by atoms with Gasteiger partial charge in [0.05, 0.1) is 25.9 Å². The summed E-state index contributed by atoms with van der Waals surface area (Å²) in [5, 5.41) is 18.2. The second-order valence-electron chi connectivity index (χ2n) is 8.01. The molecule has 7 heteroatoms. The van der Waals surface area contributed by atoms with Crippen LogP contribution in [0.15, 0.2) is 4.42 Å². The number of piperidine rings is 1. The van der Waals surface area contributed by atoms with Gasteiger partial charge >= 0.3 is 0 Å². The summed E-state index contributed by atoms with van der Waals surface area (Å²) in [6, 6.07) is 0. The van der Waals surface area contributed by atoms with Crippen LogP contribution in [0.3, 0.4) is 0 Å². The monoisotopic (exact) mass is 351 g/mol. The number of likely N-dealkylation sites (tertiary alicyclic amines) is 1. The number of rotatable bonds is 4. The van der Waals surface area contributed by atoms with Crippen molar-refractivity contribution in [2.45, 2.75) is 63.2 Å². The molecule has 1 unspecified atom stereocenters. The first-order chi connectivity index (χ1) is 12.1. The quantitative estimate of drug-likeness (QED) is 0.886. The van der Waals surface area contributed by atoms with E-state index in [-0.39, 0.29) is 6.10 Å². The van der Waals surface area contributed by atoms with Crippen LogP contribution in [-0.4, -0.2) is 59.7 Å². The third kappa shape index (κ3) is 3.47. The van der Waals surface area contributed by atoms with Crippen molar-refractivity contribution in [3.63, 3.8) is 0 Å². The average molecular weight is 351 g/mol. The summed E-state index contributed by atoms with van der Waals surface area (Å²) >= 11 is 0. The summed E-state index contributed by atoms with van der Waals surface area (Å²) < 4.78 is 17.0. The summed E-state index contributed by atoms with van der Waals surface area (Å²) in [5.74, 6) is 1.20. The van der Waals surface area contributed by atoms with Gasteiger partial charge in [-0.3, -0.25) is 4.90 Å². The van der Waals surface area contributed by atoms with Crippen molar-refractivity contribution in [3.05, 3.63) is 11.8 Å². The predicted molar refractivity (Wildman–Crippen MR) is 89.8 cm³/mol. The van der Waals surface area contributed by atoms with E-state index in [1.807, 2.05) is 0 Å². The molecule has 1 aliphatic carbocycles. The normalized spacial score (nSPS) is 31.0. The Hall–Kier alpha value is -1.02. The van der Waals surface area contributed by atoms with E-state index in [0.29, 0.717) is 37.0 Å². The maximum absolute atomic E-state index is 9.75. The first-order valence-electron chi connectivity index (χ1n) is 9.49. The number of methoxy groups -OCH3 is 1. The fraction of sp³-hybridized carbons (Fsp3) is 0.889. The first kappa shape index (κ1) is 17.4. The highest BCUT2D eigenvalue weighted by atomic mass is 16.6. The van der Waals surface area contributed by atoms with E-state index in [1.165, 1.54) is 25.7 Å². The molecule has 140 valence electrons. The highest BCUT2D eigenvalue weighted by Crippen LogP contribution is 2.44. The second-order valence-corrected chi connectivity index (χ2v) is 8.01. The van der Waals surface area contributed by atoms with E-state index >= 15 is 0 Å². The smallest absolute Gasteiger partial charge is 0.250 e. The van der Waals surface area contributed by atoms with Crippen molar-refractivity contribution in [3.8, 4) is 0 Å². The fourth-order valence-electron chi connectivity index (χ4n) is 4.56. The third-order valence-electron chi connectivity index (χ3n) is 6.52. The summed E-state index contributed by atoms with van der Waals surface area (Å²) in [6.07, 6.45) is 7.36. The van der Waals surface area contributed by atoms with Crippen LogP contribution < -0.4 is 0 Å². The topological polar surface area (TPSA) is 80.9 Å². The molecule has 4 rings (SSSR count). The highest BCUT2D eigenvalue weighted by molar-refractivity contribution is 5.01. The van der Waals surface area contributed by atoms with Gasteiger partial charge in [0.15, 0.2) is 5.60 Å². The Labute approximate surface area is 148 Å². The van der Waals surface area contributed by atoms with Gasteiger partial charge in [-0.2, -0.15) is 0 Å². The molecular formula is C18H29N3O4. The molecule has 0 amide bonds. The SMILES string of the molecule is COC1(c2nnc(CN3CCC4(CCC(O)CC4)CC3)o2)CCOC1. The number of aromatic nitrogens is 2. The molecule has 3 heterocycles. The summed E-state index contributed by atoms with van der Waals surface area (Å²) in [4.78, 5) is 2.40. The Balaban J connectivity index is 1.33. The van der Waals surface area contributed by atoms with Gasteiger partial charge in [-0.05, 0) is 57.0 Å². The first-order valence-corrected chi connectivity index (χ1v) is 9.49. The van der Waals surface area contributed by atoms with Crippen molar-refractivity contribution < 1.29 is 19.0 Å². The Morgan fingerprint density at radius 2 is 1.92 bits per heavy atom. The van der Waals surface area contributed by atoms with E-state index in [9.17, 15) is 5.11 Å². The Morgan fingerprint density at radius 1 is 1.16 bits per heavy atom. The number of hydrogen-bond acceptors (Lipinski definition) is 7. The molecule has 1 aromatic rings. The van der Waals surface area contributed by atoms with Gasteiger partial charge in [0.1, 0.15) is 0 Å². The van der Waals surface area contributed by atoms with Crippen molar-refractivity contribution >= 4 is 0 Å². The van der Waals surface area contributed by atoms with Crippen LogP contribution >= 0.6 is 0 Å². The van der Waals surface area contributed by atoms with Crippen molar-refractivity contribution in [1.29, 1.82) is 0 Å². The number of aliphatic hydroxyl groups excluding tert-OH is 1. The molecule has 3 aliphatic rings. The Morgan fingerprint density at radius 3 is 2.56 bits per heavy atom. The van der Waals surface area contributed by atoms with E-state index in [1.54, 1.807) is 7.11 Å². The summed E-state index contributed by atoms with van der Waals surface area (Å²) in [7, 11) is 1.67. The minimum atomic E-state index is -0.569. The molecule has 1 aromatic heterocycles. The lowest BCUT2D eigenvalue weighted by molar-refractivity contribution is -0.0423. The van der Waals surface area contributed by atoms with Crippen LogP contribution in [0.4, 0.5) is 0 Å². The summed E-state index contributed by atoms with van der Waals surface area (Å²) in [6.45, 7) is 3.96. The molecule has 1 atom stereocenters. The van der Waals surface area contributed by atoms with Crippen molar-refractivity contribution in [2.24, 2.45) is 5.41 Å². The number of aliphatic hydroxyl groups is 1. The molecule has 0 aromatic carbocycles. The van der Waals surface area contributed by atoms with E-state index < -0.39 is 5.60 Å². The largest absolute Gasteiger partial charge is 0.421 e. The molecule has 1 N–H and O–H groups in total. The molecule has 1 saturated carbocycles. The molecule has 0 bridgehead atoms. The van der Waals surface area contributed by atoms with Crippen LogP contribution in [0.2, 0.25) is 0 Å². The molecule has 2 saturated heterocycles. The van der Waals surface area contributed by atoms with Crippen LogP contribution in [0.5, 0.6) is 0 Å². The lowest BCUT2D eigenvalue weighted by Crippen LogP contribution is -2.42. The zero-order valence-corrected chi connectivity index (χ0v) is 15.1. The molecule has 3 fully saturated rings. The minimum absolute atomic E-state index is 0.0758. The van der Waals surface area contributed by atoms with Gasteiger partial charge in [-0.15, -0.1) is 10.2 Å². The lowest BCUT2D eigenvalue weighted by atomic mass is 9.67. The van der Waals surface area contributed by atoms with Crippen molar-refractivity contribution in [2.75, 3.05) is 33.4 Å². The Bertz CT molecular complexity index is 567. The lowest BCUT2D eigenvalue weighted by Gasteiger charge is -2.45. The minimum Gasteiger partial charge on any atom is -0.421 e. The van der Waals surface area contributed by atoms with Crippen LogP contribution in [0.1, 0.15) is 56.7 Å². The third-order valence-corrected chi connectivity index (χ3v) is 6.52. The van der Waals surface area contributed by atoms with Gasteiger partial charge in [0.25, 0.3) is 5.89 Å². The summed E-state index contributed by atoms with van der Waals surface area (Å²) in [5.41, 5.74) is -0.114.